The third kappa shape index (κ3) is 4.25. The minimum absolute atomic E-state index is 0.107. The lowest BCUT2D eigenvalue weighted by molar-refractivity contribution is 0.100. The van der Waals surface area contributed by atoms with E-state index in [1.807, 2.05) is 11.0 Å². The molecule has 0 radical (unpaired) electrons. The Morgan fingerprint density at radius 2 is 1.69 bits per heavy atom. The summed E-state index contributed by atoms with van der Waals surface area (Å²) < 4.78 is 25.9. The number of hydrogen-bond donors (Lipinski definition) is 1. The Morgan fingerprint density at radius 1 is 1.00 bits per heavy atom. The molecule has 2 aromatic rings. The van der Waals surface area contributed by atoms with Crippen LogP contribution in [0, 0.1) is 0 Å². The van der Waals surface area contributed by atoms with Gasteiger partial charge in [-0.05, 0) is 43.2 Å². The van der Waals surface area contributed by atoms with E-state index in [0.717, 1.165) is 31.4 Å². The first-order chi connectivity index (χ1) is 12.5. The summed E-state index contributed by atoms with van der Waals surface area (Å²) in [7, 11) is -3.48. The van der Waals surface area contributed by atoms with Crippen LogP contribution >= 0.6 is 0 Å². The van der Waals surface area contributed by atoms with Crippen molar-refractivity contribution in [2.24, 2.45) is 5.73 Å². The summed E-state index contributed by atoms with van der Waals surface area (Å²) in [5, 5.41) is 0. The summed E-state index contributed by atoms with van der Waals surface area (Å²) in [5.74, 6) is -0.620. The van der Waals surface area contributed by atoms with Gasteiger partial charge in [0.15, 0.2) is 9.84 Å². The van der Waals surface area contributed by atoms with E-state index in [2.05, 4.69) is 0 Å². The van der Waals surface area contributed by atoms with E-state index in [4.69, 9.17) is 5.73 Å². The van der Waals surface area contributed by atoms with Gasteiger partial charge in [-0.2, -0.15) is 0 Å². The number of primary amides is 1. The Balaban J connectivity index is 1.96. The normalized spacial score (nSPS) is 15.5. The molecule has 0 heterocycles. The Labute approximate surface area is 154 Å². The van der Waals surface area contributed by atoms with Crippen LogP contribution in [0.2, 0.25) is 0 Å². The molecule has 0 bridgehead atoms. The molecule has 0 spiro atoms. The lowest BCUT2D eigenvalue weighted by atomic mass is 9.94. The molecule has 6 heteroatoms. The van der Waals surface area contributed by atoms with E-state index in [-0.39, 0.29) is 11.9 Å². The number of benzene rings is 2. The maximum Gasteiger partial charge on any atom is 0.248 e. The van der Waals surface area contributed by atoms with Crippen molar-refractivity contribution in [2.45, 2.75) is 43.0 Å². The van der Waals surface area contributed by atoms with Crippen LogP contribution in [0.4, 0.5) is 5.69 Å². The van der Waals surface area contributed by atoms with E-state index in [1.165, 1.54) is 6.42 Å². The van der Waals surface area contributed by atoms with E-state index in [1.54, 1.807) is 48.5 Å². The van der Waals surface area contributed by atoms with Gasteiger partial charge in [-0.3, -0.25) is 4.79 Å². The van der Waals surface area contributed by atoms with Gasteiger partial charge in [0.2, 0.25) is 5.91 Å². The summed E-state index contributed by atoms with van der Waals surface area (Å²) in [5.41, 5.74) is 6.52. The van der Waals surface area contributed by atoms with Crippen molar-refractivity contribution >= 4 is 21.4 Å². The summed E-state index contributed by atoms with van der Waals surface area (Å²) >= 11 is 0. The first-order valence-electron chi connectivity index (χ1n) is 8.92. The molecule has 2 aromatic carbocycles. The van der Waals surface area contributed by atoms with E-state index in [0.29, 0.717) is 10.5 Å². The zero-order valence-electron chi connectivity index (χ0n) is 14.7. The van der Waals surface area contributed by atoms with Crippen LogP contribution in [0.3, 0.4) is 0 Å². The summed E-state index contributed by atoms with van der Waals surface area (Å²) in [6, 6.07) is 15.6. The van der Waals surface area contributed by atoms with Crippen molar-refractivity contribution in [1.82, 2.24) is 0 Å². The molecule has 5 nitrogen and oxygen atoms in total. The van der Waals surface area contributed by atoms with Crippen LogP contribution in [0.15, 0.2) is 59.5 Å². The number of carbonyl (C=O) groups is 1. The fourth-order valence-corrected chi connectivity index (χ4v) is 4.95. The highest BCUT2D eigenvalue weighted by atomic mass is 32.2. The smallest absolute Gasteiger partial charge is 0.248 e. The van der Waals surface area contributed by atoms with E-state index >= 15 is 0 Å². The van der Waals surface area contributed by atoms with Gasteiger partial charge >= 0.3 is 0 Å². The van der Waals surface area contributed by atoms with Crippen molar-refractivity contribution in [3.05, 3.63) is 60.2 Å². The molecule has 0 unspecified atom stereocenters. The van der Waals surface area contributed by atoms with Gasteiger partial charge in [0.05, 0.1) is 4.90 Å². The Hall–Kier alpha value is -2.34. The molecular formula is C20H24N2O3S. The van der Waals surface area contributed by atoms with Crippen molar-refractivity contribution in [3.63, 3.8) is 0 Å². The van der Waals surface area contributed by atoms with Crippen molar-refractivity contribution < 1.29 is 13.2 Å². The number of anilines is 1. The topological polar surface area (TPSA) is 80.5 Å². The van der Waals surface area contributed by atoms with Gasteiger partial charge in [-0.15, -0.1) is 0 Å². The molecule has 2 N–H and O–H groups in total. The fourth-order valence-electron chi connectivity index (χ4n) is 3.51. The molecule has 138 valence electrons. The molecule has 0 aliphatic heterocycles. The van der Waals surface area contributed by atoms with Gasteiger partial charge in [0, 0.05) is 17.3 Å². The fraction of sp³-hybridized carbons (Fsp3) is 0.350. The largest absolute Gasteiger partial charge is 0.366 e. The maximum absolute atomic E-state index is 12.9. The van der Waals surface area contributed by atoms with Gasteiger partial charge < -0.3 is 10.6 Å². The quantitative estimate of drug-likeness (QED) is 0.843. The summed E-state index contributed by atoms with van der Waals surface area (Å²) in [4.78, 5) is 13.8. The zero-order chi connectivity index (χ0) is 18.6. The summed E-state index contributed by atoms with van der Waals surface area (Å²) in [6.45, 7) is 0. The first kappa shape index (κ1) is 18.5. The number of amides is 1. The van der Waals surface area contributed by atoms with Crippen molar-refractivity contribution in [2.75, 3.05) is 10.8 Å². The average Bonchev–Trinajstić information content (AvgIpc) is 2.67. The average molecular weight is 372 g/mol. The Morgan fingerprint density at radius 3 is 2.35 bits per heavy atom. The summed E-state index contributed by atoms with van der Waals surface area (Å²) in [6.07, 6.45) is 5.25. The molecule has 0 saturated heterocycles. The molecule has 0 atom stereocenters. The molecule has 26 heavy (non-hydrogen) atoms. The number of nitrogens with two attached hydrogens (primary N) is 1. The monoisotopic (exact) mass is 372 g/mol. The lowest BCUT2D eigenvalue weighted by Gasteiger charge is -2.36. The zero-order valence-corrected chi connectivity index (χ0v) is 15.5. The highest BCUT2D eigenvalue weighted by molar-refractivity contribution is 7.91. The number of sulfone groups is 1. The third-order valence-corrected chi connectivity index (χ3v) is 6.50. The molecule has 1 saturated carbocycles. The second-order valence-corrected chi connectivity index (χ2v) is 8.69. The van der Waals surface area contributed by atoms with Crippen molar-refractivity contribution in [3.8, 4) is 0 Å². The molecular weight excluding hydrogens is 348 g/mol. The van der Waals surface area contributed by atoms with Crippen LogP contribution < -0.4 is 10.6 Å². The van der Waals surface area contributed by atoms with Gasteiger partial charge in [-0.1, -0.05) is 43.5 Å². The maximum atomic E-state index is 12.9. The van der Waals surface area contributed by atoms with Gasteiger partial charge in [0.1, 0.15) is 5.88 Å². The Bertz CT molecular complexity index is 860. The van der Waals surface area contributed by atoms with Gasteiger partial charge in [0.25, 0.3) is 0 Å². The van der Waals surface area contributed by atoms with Gasteiger partial charge in [-0.25, -0.2) is 8.42 Å². The van der Waals surface area contributed by atoms with Crippen LogP contribution in [0.5, 0.6) is 0 Å². The lowest BCUT2D eigenvalue weighted by Crippen LogP contribution is -2.40. The van der Waals surface area contributed by atoms with Crippen molar-refractivity contribution in [1.29, 1.82) is 0 Å². The van der Waals surface area contributed by atoms with E-state index in [9.17, 15) is 13.2 Å². The second kappa shape index (κ2) is 7.91. The molecule has 1 aliphatic carbocycles. The second-order valence-electron chi connectivity index (χ2n) is 6.73. The highest BCUT2D eigenvalue weighted by Crippen LogP contribution is 2.29. The highest BCUT2D eigenvalue weighted by Gasteiger charge is 2.27. The van der Waals surface area contributed by atoms with Crippen LogP contribution in [0.1, 0.15) is 42.5 Å². The van der Waals surface area contributed by atoms with Crippen LogP contribution in [-0.2, 0) is 9.84 Å². The first-order valence-corrected chi connectivity index (χ1v) is 10.6. The molecule has 1 fully saturated rings. The standard InChI is InChI=1S/C20H24N2O3S/c21-20(23)16-8-7-11-18(14-16)22(17-9-3-1-4-10-17)15-26(24,25)19-12-5-2-6-13-19/h2,5-8,11-14,17H,1,3-4,9-10,15H2,(H2,21,23). The number of nitrogens with zero attached hydrogens (tertiary/aromatic N) is 1. The SMILES string of the molecule is NC(=O)c1cccc(N(CS(=O)(=O)c2ccccc2)C2CCCCC2)c1. The third-order valence-electron chi connectivity index (χ3n) is 4.89. The molecule has 0 aromatic heterocycles. The molecule has 1 aliphatic rings. The number of carbonyl (C=O) groups excluding carboxylic acids is 1. The predicted octanol–water partition coefficient (Wildman–Crippen LogP) is 3.36. The van der Waals surface area contributed by atoms with Crippen LogP contribution in [-0.4, -0.2) is 26.2 Å². The number of hydrogen-bond acceptors (Lipinski definition) is 4. The number of rotatable bonds is 6. The molecule has 3 rings (SSSR count). The Kier molecular flexibility index (Phi) is 5.61. The predicted molar refractivity (Wildman–Crippen MR) is 103 cm³/mol. The minimum atomic E-state index is -3.48. The van der Waals surface area contributed by atoms with E-state index < -0.39 is 15.7 Å². The molecule has 1 amide bonds. The minimum Gasteiger partial charge on any atom is -0.366 e. The van der Waals surface area contributed by atoms with Crippen LogP contribution in [0.25, 0.3) is 0 Å².